The van der Waals surface area contributed by atoms with Crippen molar-refractivity contribution < 1.29 is 14.6 Å². The third-order valence-electron chi connectivity index (χ3n) is 6.28. The summed E-state index contributed by atoms with van der Waals surface area (Å²) < 4.78 is 8.15. The number of carbonyl (C=O) groups excluding carboxylic acids is 1. The molecule has 4 aromatic rings. The van der Waals surface area contributed by atoms with E-state index in [1.165, 1.54) is 11.3 Å². The van der Waals surface area contributed by atoms with Crippen LogP contribution in [-0.2, 0) is 29.3 Å². The van der Waals surface area contributed by atoms with Gasteiger partial charge in [-0.05, 0) is 56.5 Å². The molecule has 0 bridgehead atoms. The van der Waals surface area contributed by atoms with E-state index in [4.69, 9.17) is 16.3 Å². The van der Waals surface area contributed by atoms with E-state index in [2.05, 4.69) is 10.3 Å². The largest absolute Gasteiger partial charge is 0.460 e. The molecule has 0 saturated heterocycles. The van der Waals surface area contributed by atoms with Crippen LogP contribution in [-0.4, -0.2) is 26.1 Å². The van der Waals surface area contributed by atoms with Gasteiger partial charge in [0.2, 0.25) is 0 Å². The first-order valence-electron chi connectivity index (χ1n) is 11.2. The maximum Gasteiger partial charge on any atom is 0.312 e. The maximum absolute atomic E-state index is 13.5. The van der Waals surface area contributed by atoms with Crippen molar-refractivity contribution in [1.29, 1.82) is 0 Å². The molecule has 0 aliphatic heterocycles. The molecule has 0 radical (unpaired) electrons. The number of nitrogens with zero attached hydrogens (tertiary/aromatic N) is 3. The normalized spacial score (nSPS) is 12.8. The van der Waals surface area contributed by atoms with Crippen molar-refractivity contribution in [2.24, 2.45) is 5.41 Å². The fourth-order valence-corrected chi connectivity index (χ4v) is 5.91. The number of aryl methyl sites for hydroxylation is 2. The minimum Gasteiger partial charge on any atom is -0.460 e. The Labute approximate surface area is 208 Å². The minimum atomic E-state index is -0.922. The number of halogens is 1. The fraction of sp³-hybridized carbons (Fsp3) is 0.346. The molecule has 0 aliphatic carbocycles. The number of aromatic nitrogens is 3. The van der Waals surface area contributed by atoms with Crippen molar-refractivity contribution in [2.75, 3.05) is 0 Å². The molecular formula is C26H28ClN3O3S. The third-order valence-corrected chi connectivity index (χ3v) is 7.79. The van der Waals surface area contributed by atoms with Gasteiger partial charge in [-0.25, -0.2) is 4.68 Å². The van der Waals surface area contributed by atoms with E-state index in [1.807, 2.05) is 80.9 Å². The third kappa shape index (κ3) is 4.48. The van der Waals surface area contributed by atoms with Crippen LogP contribution in [0.4, 0.5) is 0 Å². The molecule has 0 aliphatic rings. The zero-order chi connectivity index (χ0) is 24.5. The second-order valence-electron chi connectivity index (χ2n) is 8.87. The van der Waals surface area contributed by atoms with E-state index in [-0.39, 0.29) is 25.1 Å². The average Bonchev–Trinajstić information content (AvgIpc) is 3.42. The SMILES string of the molecule is CCn1nnc2c(C)c([C@@H](c3cc(CO)c(Cl)s3)C(C)(C)C(=O)OCc3ccccc3)ccc21. The highest BCUT2D eigenvalue weighted by Gasteiger charge is 2.42. The lowest BCUT2D eigenvalue weighted by molar-refractivity contribution is -0.156. The topological polar surface area (TPSA) is 77.2 Å². The summed E-state index contributed by atoms with van der Waals surface area (Å²) in [4.78, 5) is 14.4. The lowest BCUT2D eigenvalue weighted by Crippen LogP contribution is -2.34. The number of hydrogen-bond donors (Lipinski definition) is 1. The molecule has 34 heavy (non-hydrogen) atoms. The number of esters is 1. The van der Waals surface area contributed by atoms with Gasteiger partial charge < -0.3 is 9.84 Å². The van der Waals surface area contributed by atoms with Crippen molar-refractivity contribution in [3.63, 3.8) is 0 Å². The molecule has 2 heterocycles. The number of benzene rings is 2. The molecule has 0 unspecified atom stereocenters. The Morgan fingerprint density at radius 1 is 1.24 bits per heavy atom. The van der Waals surface area contributed by atoms with Crippen LogP contribution in [0.25, 0.3) is 11.0 Å². The molecule has 0 spiro atoms. The van der Waals surface area contributed by atoms with Crippen molar-refractivity contribution in [3.8, 4) is 0 Å². The molecule has 0 fully saturated rings. The van der Waals surface area contributed by atoms with Crippen LogP contribution in [0.5, 0.6) is 0 Å². The second-order valence-corrected chi connectivity index (χ2v) is 10.6. The molecule has 2 aromatic heterocycles. The Morgan fingerprint density at radius 2 is 1.97 bits per heavy atom. The highest BCUT2D eigenvalue weighted by Crippen LogP contribution is 2.48. The predicted octanol–water partition coefficient (Wildman–Crippen LogP) is 5.87. The average molecular weight is 498 g/mol. The molecule has 0 amide bonds. The molecule has 0 saturated carbocycles. The van der Waals surface area contributed by atoms with E-state index in [1.54, 1.807) is 0 Å². The second kappa shape index (κ2) is 9.86. The number of rotatable bonds is 8. The molecule has 6 nitrogen and oxygen atoms in total. The van der Waals surface area contributed by atoms with Gasteiger partial charge in [0.05, 0.1) is 21.9 Å². The summed E-state index contributed by atoms with van der Waals surface area (Å²) >= 11 is 7.80. The van der Waals surface area contributed by atoms with Crippen LogP contribution in [0.15, 0.2) is 48.5 Å². The number of aliphatic hydroxyl groups excluding tert-OH is 1. The Kier molecular flexibility index (Phi) is 7.07. The summed E-state index contributed by atoms with van der Waals surface area (Å²) in [6, 6.07) is 15.6. The smallest absolute Gasteiger partial charge is 0.312 e. The highest BCUT2D eigenvalue weighted by molar-refractivity contribution is 7.16. The van der Waals surface area contributed by atoms with Crippen molar-refractivity contribution in [1.82, 2.24) is 15.0 Å². The van der Waals surface area contributed by atoms with Gasteiger partial charge in [0.1, 0.15) is 12.1 Å². The summed E-state index contributed by atoms with van der Waals surface area (Å²) in [5.41, 5.74) is 4.33. The molecule has 1 atom stereocenters. The van der Waals surface area contributed by atoms with Crippen LogP contribution in [0.1, 0.15) is 53.8 Å². The first kappa shape index (κ1) is 24.4. The Balaban J connectivity index is 1.78. The predicted molar refractivity (Wildman–Crippen MR) is 135 cm³/mol. The van der Waals surface area contributed by atoms with Gasteiger partial charge >= 0.3 is 5.97 Å². The number of fused-ring (bicyclic) bond motifs is 1. The molecule has 178 valence electrons. The summed E-state index contributed by atoms with van der Waals surface area (Å²) in [5, 5.41) is 18.4. The van der Waals surface area contributed by atoms with Gasteiger partial charge in [0.15, 0.2) is 0 Å². The van der Waals surface area contributed by atoms with Crippen LogP contribution < -0.4 is 0 Å². The van der Waals surface area contributed by atoms with E-state index >= 15 is 0 Å². The van der Waals surface area contributed by atoms with Crippen LogP contribution in [0.3, 0.4) is 0 Å². The zero-order valence-corrected chi connectivity index (χ0v) is 21.3. The summed E-state index contributed by atoms with van der Waals surface area (Å²) in [7, 11) is 0. The van der Waals surface area contributed by atoms with Crippen molar-refractivity contribution in [3.05, 3.63) is 80.0 Å². The van der Waals surface area contributed by atoms with Gasteiger partial charge in [-0.2, -0.15) is 0 Å². The van der Waals surface area contributed by atoms with Gasteiger partial charge in [0, 0.05) is 22.9 Å². The van der Waals surface area contributed by atoms with E-state index in [9.17, 15) is 9.90 Å². The fourth-order valence-electron chi connectivity index (χ4n) is 4.33. The summed E-state index contributed by atoms with van der Waals surface area (Å²) in [6.07, 6.45) is 0. The lowest BCUT2D eigenvalue weighted by Gasteiger charge is -2.33. The minimum absolute atomic E-state index is 0.163. The summed E-state index contributed by atoms with van der Waals surface area (Å²) in [6.45, 7) is 8.57. The molecule has 8 heteroatoms. The van der Waals surface area contributed by atoms with Gasteiger partial charge in [-0.15, -0.1) is 16.4 Å². The van der Waals surface area contributed by atoms with Crippen LogP contribution in [0, 0.1) is 12.3 Å². The van der Waals surface area contributed by atoms with E-state index < -0.39 is 5.41 Å². The Hall–Kier alpha value is -2.74. The van der Waals surface area contributed by atoms with Crippen molar-refractivity contribution in [2.45, 2.75) is 53.4 Å². The monoisotopic (exact) mass is 497 g/mol. The van der Waals surface area contributed by atoms with Crippen LogP contribution in [0.2, 0.25) is 4.34 Å². The highest BCUT2D eigenvalue weighted by atomic mass is 35.5. The Bertz CT molecular complexity index is 1310. The van der Waals surface area contributed by atoms with Crippen LogP contribution >= 0.6 is 22.9 Å². The number of ether oxygens (including phenoxy) is 1. The first-order chi connectivity index (χ1) is 16.3. The molecular weight excluding hydrogens is 470 g/mol. The van der Waals surface area contributed by atoms with Gasteiger partial charge in [0.25, 0.3) is 0 Å². The quantitative estimate of drug-likeness (QED) is 0.308. The van der Waals surface area contributed by atoms with E-state index in [0.717, 1.165) is 39.1 Å². The first-order valence-corrected chi connectivity index (χ1v) is 12.4. The zero-order valence-electron chi connectivity index (χ0n) is 19.7. The Morgan fingerprint density at radius 3 is 2.62 bits per heavy atom. The molecule has 2 aromatic carbocycles. The number of thiophene rings is 1. The maximum atomic E-state index is 13.5. The molecule has 4 rings (SSSR count). The van der Waals surface area contributed by atoms with Gasteiger partial charge in [-0.3, -0.25) is 4.79 Å². The number of carbonyl (C=O) groups is 1. The van der Waals surface area contributed by atoms with E-state index in [0.29, 0.717) is 9.90 Å². The van der Waals surface area contributed by atoms with Crippen molar-refractivity contribution >= 4 is 39.9 Å². The lowest BCUT2D eigenvalue weighted by atomic mass is 9.72. The number of aliphatic hydroxyl groups is 1. The number of hydrogen-bond acceptors (Lipinski definition) is 6. The molecule has 1 N–H and O–H groups in total. The standard InChI is InChI=1S/C26H28ClN3O3S/c1-5-30-20-12-11-19(16(2)23(20)28-29-30)22(21-13-18(14-31)24(27)34-21)26(3,4)25(32)33-15-17-9-7-6-8-10-17/h6-13,22,31H,5,14-15H2,1-4H3/t22-/m0/s1. The van der Waals surface area contributed by atoms with Gasteiger partial charge in [-0.1, -0.05) is 53.2 Å². The summed E-state index contributed by atoms with van der Waals surface area (Å²) in [5.74, 6) is -0.664.